The fraction of sp³-hybridized carbons (Fsp3) is 0.304. The number of hydrogen-bond donors (Lipinski definition) is 1. The topological polar surface area (TPSA) is 67.9 Å². The number of carbonyl (C=O) groups excluding carboxylic acids is 2. The minimum Gasteiger partial charge on any atom is -0.493 e. The van der Waals surface area contributed by atoms with Gasteiger partial charge in [-0.25, -0.2) is 0 Å². The number of anilines is 1. The molecule has 2 amide bonds. The number of hydrogen-bond acceptors (Lipinski definition) is 4. The van der Waals surface area contributed by atoms with Crippen LogP contribution in [0.3, 0.4) is 0 Å². The number of nitrogens with one attached hydrogen (secondary N) is 1. The van der Waals surface area contributed by atoms with E-state index < -0.39 is 0 Å². The minimum atomic E-state index is -0.260. The van der Waals surface area contributed by atoms with Crippen molar-refractivity contribution in [3.63, 3.8) is 0 Å². The van der Waals surface area contributed by atoms with Gasteiger partial charge in [-0.15, -0.1) is 0 Å². The summed E-state index contributed by atoms with van der Waals surface area (Å²) in [5.41, 5.74) is 1.74. The third-order valence-electron chi connectivity index (χ3n) is 4.54. The highest BCUT2D eigenvalue weighted by Crippen LogP contribution is 2.25. The molecular weight excluding hydrogens is 368 g/mol. The number of carbonyl (C=O) groups is 2. The van der Waals surface area contributed by atoms with E-state index in [4.69, 9.17) is 9.47 Å². The van der Waals surface area contributed by atoms with Crippen molar-refractivity contribution in [1.82, 2.24) is 5.32 Å². The SMILES string of the molecule is COc1ccccc1OCC(=O)NCC#Cc1ccc(N2CCCCC2=O)cc1. The summed E-state index contributed by atoms with van der Waals surface area (Å²) in [4.78, 5) is 25.7. The van der Waals surface area contributed by atoms with E-state index in [9.17, 15) is 9.59 Å². The molecule has 0 unspecified atom stereocenters. The molecule has 0 radical (unpaired) electrons. The van der Waals surface area contributed by atoms with Crippen molar-refractivity contribution in [3.8, 4) is 23.3 Å². The fourth-order valence-corrected chi connectivity index (χ4v) is 3.03. The van der Waals surface area contributed by atoms with E-state index in [0.717, 1.165) is 30.6 Å². The van der Waals surface area contributed by atoms with Crippen molar-refractivity contribution in [2.45, 2.75) is 19.3 Å². The molecule has 0 atom stereocenters. The highest BCUT2D eigenvalue weighted by molar-refractivity contribution is 5.94. The molecule has 1 heterocycles. The van der Waals surface area contributed by atoms with Crippen molar-refractivity contribution < 1.29 is 19.1 Å². The number of ether oxygens (including phenoxy) is 2. The molecule has 1 aliphatic heterocycles. The Balaban J connectivity index is 1.45. The second-order valence-corrected chi connectivity index (χ2v) is 6.57. The van der Waals surface area contributed by atoms with Gasteiger partial charge in [0, 0.05) is 24.2 Å². The van der Waals surface area contributed by atoms with Crippen LogP contribution < -0.4 is 19.7 Å². The maximum absolute atomic E-state index is 12.0. The summed E-state index contributed by atoms with van der Waals surface area (Å²) in [5.74, 6) is 6.93. The quantitative estimate of drug-likeness (QED) is 0.768. The van der Waals surface area contributed by atoms with Gasteiger partial charge in [0.15, 0.2) is 18.1 Å². The molecule has 1 N–H and O–H groups in total. The standard InChI is InChI=1S/C23H24N2O4/c1-28-20-8-2-3-9-21(20)29-17-22(26)24-15-6-7-18-11-13-19(14-12-18)25-16-5-4-10-23(25)27/h2-3,8-9,11-14H,4-5,10,15-17H2,1H3,(H,24,26). The number of para-hydroxylation sites is 2. The van der Waals surface area contributed by atoms with E-state index >= 15 is 0 Å². The number of benzene rings is 2. The molecule has 1 aliphatic rings. The van der Waals surface area contributed by atoms with Crippen LogP contribution in [-0.4, -0.2) is 38.6 Å². The first-order valence-electron chi connectivity index (χ1n) is 9.59. The van der Waals surface area contributed by atoms with Gasteiger partial charge < -0.3 is 19.7 Å². The summed E-state index contributed by atoms with van der Waals surface area (Å²) in [6.07, 6.45) is 2.62. The molecule has 150 valence electrons. The molecule has 1 fully saturated rings. The Morgan fingerprint density at radius 3 is 2.59 bits per heavy atom. The lowest BCUT2D eigenvalue weighted by atomic mass is 10.1. The van der Waals surface area contributed by atoms with E-state index in [1.807, 2.05) is 41.3 Å². The normalized spacial score (nSPS) is 13.3. The van der Waals surface area contributed by atoms with Crippen LogP contribution in [0.15, 0.2) is 48.5 Å². The van der Waals surface area contributed by atoms with Gasteiger partial charge in [0.1, 0.15) is 0 Å². The van der Waals surface area contributed by atoms with Crippen molar-refractivity contribution in [3.05, 3.63) is 54.1 Å². The predicted molar refractivity (Wildman–Crippen MR) is 111 cm³/mol. The molecule has 2 aromatic rings. The molecule has 0 spiro atoms. The number of methoxy groups -OCH3 is 1. The molecule has 0 aromatic heterocycles. The lowest BCUT2D eigenvalue weighted by Gasteiger charge is -2.26. The Morgan fingerprint density at radius 1 is 1.10 bits per heavy atom. The summed E-state index contributed by atoms with van der Waals surface area (Å²) in [6, 6.07) is 14.7. The Bertz CT molecular complexity index is 912. The molecule has 6 nitrogen and oxygen atoms in total. The third kappa shape index (κ3) is 5.76. The average Bonchev–Trinajstić information content (AvgIpc) is 2.76. The van der Waals surface area contributed by atoms with Crippen LogP contribution in [0.4, 0.5) is 5.69 Å². The molecule has 29 heavy (non-hydrogen) atoms. The molecule has 0 saturated carbocycles. The van der Waals surface area contributed by atoms with Gasteiger partial charge in [0.05, 0.1) is 13.7 Å². The van der Waals surface area contributed by atoms with Gasteiger partial charge in [-0.3, -0.25) is 9.59 Å². The van der Waals surface area contributed by atoms with Crippen LogP contribution in [0, 0.1) is 11.8 Å². The van der Waals surface area contributed by atoms with Crippen molar-refractivity contribution >= 4 is 17.5 Å². The zero-order valence-corrected chi connectivity index (χ0v) is 16.4. The molecule has 2 aromatic carbocycles. The number of rotatable bonds is 6. The molecule has 6 heteroatoms. The van der Waals surface area contributed by atoms with Crippen molar-refractivity contribution in [2.75, 3.05) is 31.7 Å². The first kappa shape index (κ1) is 20.3. The second-order valence-electron chi connectivity index (χ2n) is 6.57. The van der Waals surface area contributed by atoms with Crippen molar-refractivity contribution in [2.24, 2.45) is 0 Å². The van der Waals surface area contributed by atoms with Gasteiger partial charge in [0.2, 0.25) is 5.91 Å². The fourth-order valence-electron chi connectivity index (χ4n) is 3.03. The first-order chi connectivity index (χ1) is 14.2. The minimum absolute atomic E-state index is 0.111. The van der Waals surface area contributed by atoms with Gasteiger partial charge >= 0.3 is 0 Å². The van der Waals surface area contributed by atoms with Crippen LogP contribution in [0.5, 0.6) is 11.5 Å². The average molecular weight is 392 g/mol. The zero-order valence-electron chi connectivity index (χ0n) is 16.4. The lowest BCUT2D eigenvalue weighted by Crippen LogP contribution is -2.35. The van der Waals surface area contributed by atoms with Crippen molar-refractivity contribution in [1.29, 1.82) is 0 Å². The monoisotopic (exact) mass is 392 g/mol. The Morgan fingerprint density at radius 2 is 1.86 bits per heavy atom. The van der Waals surface area contributed by atoms with Gasteiger partial charge in [-0.2, -0.15) is 0 Å². The molecule has 0 bridgehead atoms. The lowest BCUT2D eigenvalue weighted by molar-refractivity contribution is -0.123. The summed E-state index contributed by atoms with van der Waals surface area (Å²) in [5, 5.41) is 2.70. The van der Waals surface area contributed by atoms with Crippen LogP contribution in [0.25, 0.3) is 0 Å². The molecule has 3 rings (SSSR count). The van der Waals surface area contributed by atoms with E-state index in [-0.39, 0.29) is 25.0 Å². The largest absolute Gasteiger partial charge is 0.493 e. The Kier molecular flexibility index (Phi) is 7.12. The summed E-state index contributed by atoms with van der Waals surface area (Å²) in [7, 11) is 1.55. The van der Waals surface area contributed by atoms with Crippen LogP contribution >= 0.6 is 0 Å². The third-order valence-corrected chi connectivity index (χ3v) is 4.54. The molecular formula is C23H24N2O4. The summed E-state index contributed by atoms with van der Waals surface area (Å²) < 4.78 is 10.6. The number of piperidine rings is 1. The van der Waals surface area contributed by atoms with Gasteiger partial charge in [-0.05, 0) is 49.2 Å². The van der Waals surface area contributed by atoms with E-state index in [1.165, 1.54) is 0 Å². The van der Waals surface area contributed by atoms with E-state index in [1.54, 1.807) is 19.2 Å². The predicted octanol–water partition coefficient (Wildman–Crippen LogP) is 2.76. The highest BCUT2D eigenvalue weighted by Gasteiger charge is 2.19. The van der Waals surface area contributed by atoms with Crippen LogP contribution in [-0.2, 0) is 9.59 Å². The Hall–Kier alpha value is -3.46. The van der Waals surface area contributed by atoms with Crippen LogP contribution in [0.2, 0.25) is 0 Å². The zero-order chi connectivity index (χ0) is 20.5. The van der Waals surface area contributed by atoms with Crippen LogP contribution in [0.1, 0.15) is 24.8 Å². The second kappa shape index (κ2) is 10.2. The maximum Gasteiger partial charge on any atom is 0.258 e. The maximum atomic E-state index is 12.0. The van der Waals surface area contributed by atoms with Gasteiger partial charge in [0.25, 0.3) is 5.91 Å². The first-order valence-corrected chi connectivity index (χ1v) is 9.59. The molecule has 1 saturated heterocycles. The molecule has 0 aliphatic carbocycles. The van der Waals surface area contributed by atoms with E-state index in [2.05, 4.69) is 17.2 Å². The number of nitrogens with zero attached hydrogens (tertiary/aromatic N) is 1. The summed E-state index contributed by atoms with van der Waals surface area (Å²) >= 11 is 0. The highest BCUT2D eigenvalue weighted by atomic mass is 16.5. The smallest absolute Gasteiger partial charge is 0.258 e. The number of amides is 2. The van der Waals surface area contributed by atoms with Gasteiger partial charge in [-0.1, -0.05) is 24.0 Å². The van der Waals surface area contributed by atoms with E-state index in [0.29, 0.717) is 17.9 Å². The Labute approximate surface area is 170 Å². The summed E-state index contributed by atoms with van der Waals surface area (Å²) in [6.45, 7) is 0.883.